The molecule has 4 heterocycles. The maximum absolute atomic E-state index is 13.0. The molecule has 9 rings (SSSR count). The molecule has 5 aromatic carbocycles. The monoisotopic (exact) mass is 873 g/mol. The number of nitrogens with zero attached hydrogens (tertiary/aromatic N) is 2. The van der Waals surface area contributed by atoms with Crippen LogP contribution in [0.4, 0.5) is 0 Å². The fraction of sp³-hybridized carbons (Fsp3) is 0.348. The molecule has 4 aliphatic rings. The Balaban J connectivity index is 1.16. The van der Waals surface area contributed by atoms with Crippen molar-refractivity contribution in [2.45, 2.75) is 49.1 Å². The quantitative estimate of drug-likeness (QED) is 0.137. The molecule has 0 aromatic heterocycles. The largest absolute Gasteiger partial charge is 0.493 e. The summed E-state index contributed by atoms with van der Waals surface area (Å²) >= 11 is 12.2. The summed E-state index contributed by atoms with van der Waals surface area (Å²) in [7, 11) is 5.39. The van der Waals surface area contributed by atoms with Crippen molar-refractivity contribution in [2.75, 3.05) is 61.7 Å². The smallest absolute Gasteiger partial charge is 0.242 e. The zero-order chi connectivity index (χ0) is 42.1. The number of halogens is 2. The molecule has 6 bridgehead atoms. The first kappa shape index (κ1) is 42.0. The summed E-state index contributed by atoms with van der Waals surface area (Å²) in [5.74, 6) is 4.76. The molecule has 14 heteroatoms. The van der Waals surface area contributed by atoms with Crippen LogP contribution in [0, 0.1) is 0 Å². The molecular weight excluding hydrogens is 825 g/mol. The second-order valence-electron chi connectivity index (χ2n) is 15.4. The van der Waals surface area contributed by atoms with E-state index in [-0.39, 0.29) is 40.2 Å². The fourth-order valence-electron chi connectivity index (χ4n) is 8.45. The van der Waals surface area contributed by atoms with E-state index in [2.05, 4.69) is 58.9 Å². The van der Waals surface area contributed by atoms with Gasteiger partial charge in [-0.15, -0.1) is 0 Å². The molecule has 0 fully saturated rings. The molecular formula is C46H49Cl2N3O8S. The average Bonchev–Trinajstić information content (AvgIpc) is 3.24. The van der Waals surface area contributed by atoms with Crippen LogP contribution in [-0.4, -0.2) is 79.9 Å². The SMILES string of the molecule is COc1cc2c3cc1Oc1c(OC)c(OC)cc4c1[C@@H](Cc1ccc(OCCCNS(=O)(=O)c5cc(Cl)ccc5Cl)c(c1)Oc1ccc(cc1)C[C@@H]3N(C)CC2)N(C)CC4. The average molecular weight is 875 g/mol. The van der Waals surface area contributed by atoms with Gasteiger partial charge in [0.2, 0.25) is 15.8 Å². The number of ether oxygens (including phenoxy) is 6. The van der Waals surface area contributed by atoms with Crippen molar-refractivity contribution in [1.29, 1.82) is 0 Å². The lowest BCUT2D eigenvalue weighted by Crippen LogP contribution is -2.34. The lowest BCUT2D eigenvalue weighted by molar-refractivity contribution is 0.220. The maximum Gasteiger partial charge on any atom is 0.242 e. The number of methoxy groups -OCH3 is 3. The van der Waals surface area contributed by atoms with E-state index in [1.165, 1.54) is 23.3 Å². The first-order valence-electron chi connectivity index (χ1n) is 20.0. The Labute approximate surface area is 362 Å². The Bertz CT molecular complexity index is 2500. The molecule has 0 saturated carbocycles. The molecule has 4 aliphatic heterocycles. The van der Waals surface area contributed by atoms with E-state index in [4.69, 9.17) is 51.6 Å². The Morgan fingerprint density at radius 1 is 0.733 bits per heavy atom. The molecule has 0 aliphatic carbocycles. The zero-order valence-corrected chi connectivity index (χ0v) is 36.7. The van der Waals surface area contributed by atoms with E-state index in [9.17, 15) is 8.42 Å². The van der Waals surface area contributed by atoms with Crippen molar-refractivity contribution in [3.63, 3.8) is 0 Å². The Hall–Kier alpha value is -4.69. The highest BCUT2D eigenvalue weighted by Gasteiger charge is 2.35. The molecule has 11 nitrogen and oxygen atoms in total. The second-order valence-corrected chi connectivity index (χ2v) is 18.0. The summed E-state index contributed by atoms with van der Waals surface area (Å²) in [4.78, 5) is 4.67. The van der Waals surface area contributed by atoms with E-state index in [0.717, 1.165) is 54.6 Å². The van der Waals surface area contributed by atoms with Crippen molar-refractivity contribution in [3.8, 4) is 46.0 Å². The van der Waals surface area contributed by atoms with Gasteiger partial charge in [0.05, 0.1) is 33.0 Å². The number of sulfonamides is 1. The minimum Gasteiger partial charge on any atom is -0.493 e. The molecule has 316 valence electrons. The first-order valence-corrected chi connectivity index (χ1v) is 22.2. The normalized spacial score (nSPS) is 17.7. The van der Waals surface area contributed by atoms with Gasteiger partial charge in [-0.3, -0.25) is 9.80 Å². The third-order valence-corrected chi connectivity index (χ3v) is 13.9. The van der Waals surface area contributed by atoms with E-state index >= 15 is 0 Å². The number of fused-ring (bicyclic) bond motifs is 2. The van der Waals surface area contributed by atoms with Crippen LogP contribution in [0.3, 0.4) is 0 Å². The van der Waals surface area contributed by atoms with Gasteiger partial charge < -0.3 is 28.4 Å². The molecule has 2 atom stereocenters. The summed E-state index contributed by atoms with van der Waals surface area (Å²) < 4.78 is 66.6. The van der Waals surface area contributed by atoms with Gasteiger partial charge in [-0.05, 0) is 135 Å². The highest BCUT2D eigenvalue weighted by atomic mass is 35.5. The van der Waals surface area contributed by atoms with Gasteiger partial charge in [0.25, 0.3) is 0 Å². The van der Waals surface area contributed by atoms with Crippen LogP contribution in [0.25, 0.3) is 0 Å². The van der Waals surface area contributed by atoms with Crippen LogP contribution in [0.5, 0.6) is 46.0 Å². The van der Waals surface area contributed by atoms with Gasteiger partial charge in [-0.1, -0.05) is 41.4 Å². The molecule has 0 amide bonds. The van der Waals surface area contributed by atoms with Crippen LogP contribution in [-0.2, 0) is 35.7 Å². The standard InChI is InChI=1S/C46H49Cl2N3O8S/c1-50-18-15-30-24-39(54-3)41-27-34(30)36(50)21-28-7-11-33(12-8-28)58-40-23-29(22-37-44-31(16-19-51(37)2)25-42(55-4)45(56-5)46(44)59-41)9-14-38(40)57-20-6-17-49-60(52,53)43-26-32(47)10-13-35(43)48/h7-14,23-27,36-37,49H,6,15-22H2,1-5H3/t36-,37+/m0/s1. The fourth-order valence-corrected chi connectivity index (χ4v) is 10.3. The van der Waals surface area contributed by atoms with E-state index < -0.39 is 10.0 Å². The van der Waals surface area contributed by atoms with Crippen molar-refractivity contribution >= 4 is 33.2 Å². The Morgan fingerprint density at radius 3 is 2.17 bits per heavy atom. The van der Waals surface area contributed by atoms with Gasteiger partial charge >= 0.3 is 0 Å². The van der Waals surface area contributed by atoms with Gasteiger partial charge in [0.1, 0.15) is 10.6 Å². The van der Waals surface area contributed by atoms with Crippen molar-refractivity contribution in [1.82, 2.24) is 14.5 Å². The van der Waals surface area contributed by atoms with E-state index in [1.807, 2.05) is 30.3 Å². The van der Waals surface area contributed by atoms with Crippen LogP contribution in [0.1, 0.15) is 51.9 Å². The van der Waals surface area contributed by atoms with Crippen molar-refractivity contribution < 1.29 is 36.8 Å². The topological polar surface area (TPSA) is 108 Å². The third kappa shape index (κ3) is 8.59. The van der Waals surface area contributed by atoms with Gasteiger partial charge in [0, 0.05) is 42.3 Å². The summed E-state index contributed by atoms with van der Waals surface area (Å²) in [6.45, 7) is 2.09. The van der Waals surface area contributed by atoms with E-state index in [0.29, 0.717) is 58.8 Å². The van der Waals surface area contributed by atoms with E-state index in [1.54, 1.807) is 27.4 Å². The van der Waals surface area contributed by atoms with Crippen molar-refractivity contribution in [3.05, 3.63) is 122 Å². The number of hydrogen-bond donors (Lipinski definition) is 1. The van der Waals surface area contributed by atoms with Gasteiger partial charge in [-0.25, -0.2) is 13.1 Å². The molecule has 0 unspecified atom stereocenters. The number of rotatable bonds is 10. The van der Waals surface area contributed by atoms with Gasteiger partial charge in [0.15, 0.2) is 34.5 Å². The highest BCUT2D eigenvalue weighted by molar-refractivity contribution is 7.89. The van der Waals surface area contributed by atoms with Crippen LogP contribution in [0.2, 0.25) is 10.0 Å². The zero-order valence-electron chi connectivity index (χ0n) is 34.3. The number of benzene rings is 5. The highest BCUT2D eigenvalue weighted by Crippen LogP contribution is 2.52. The second kappa shape index (κ2) is 17.7. The van der Waals surface area contributed by atoms with Crippen molar-refractivity contribution in [2.24, 2.45) is 0 Å². The first-order chi connectivity index (χ1) is 29.0. The number of likely N-dealkylation sites (N-methyl/N-ethyl adjacent to an activating group) is 2. The summed E-state index contributed by atoms with van der Waals surface area (Å²) in [6.07, 6.45) is 3.47. The summed E-state index contributed by atoms with van der Waals surface area (Å²) in [5, 5.41) is 0.374. The molecule has 1 N–H and O–H groups in total. The molecule has 0 saturated heterocycles. The lowest BCUT2D eigenvalue weighted by atomic mass is 9.87. The summed E-state index contributed by atoms with van der Waals surface area (Å²) in [6, 6.07) is 24.8. The van der Waals surface area contributed by atoms with Gasteiger partial charge in [-0.2, -0.15) is 0 Å². The lowest BCUT2D eigenvalue weighted by Gasteiger charge is -2.37. The van der Waals surface area contributed by atoms with Crippen LogP contribution < -0.4 is 33.1 Å². The van der Waals surface area contributed by atoms with Crippen LogP contribution in [0.15, 0.2) is 83.8 Å². The van der Waals surface area contributed by atoms with Crippen LogP contribution >= 0.6 is 23.2 Å². The minimum absolute atomic E-state index is 0.0707. The number of hydrogen-bond acceptors (Lipinski definition) is 10. The molecule has 5 aromatic rings. The maximum atomic E-state index is 13.0. The number of nitrogens with one attached hydrogen (secondary N) is 1. The predicted octanol–water partition coefficient (Wildman–Crippen LogP) is 9.21. The Kier molecular flexibility index (Phi) is 12.4. The Morgan fingerprint density at radius 2 is 1.42 bits per heavy atom. The molecule has 60 heavy (non-hydrogen) atoms. The summed E-state index contributed by atoms with van der Waals surface area (Å²) in [5.41, 5.74) is 6.76. The minimum atomic E-state index is -3.88. The predicted molar refractivity (Wildman–Crippen MR) is 233 cm³/mol. The third-order valence-electron chi connectivity index (χ3n) is 11.7. The molecule has 0 spiro atoms. The molecule has 0 radical (unpaired) electrons.